The molecule has 0 radical (unpaired) electrons. The van der Waals surface area contributed by atoms with Crippen LogP contribution in [-0.4, -0.2) is 157 Å². The van der Waals surface area contributed by atoms with Crippen molar-refractivity contribution in [1.29, 1.82) is 0 Å². The first kappa shape index (κ1) is 61.4. The number of Topliss-reactive ketones (excluding diaryl/α,β-unsaturated/α-hetero) is 2. The normalized spacial score (nSPS) is 13.7. The van der Waals surface area contributed by atoms with Crippen LogP contribution >= 0.6 is 11.8 Å². The highest BCUT2D eigenvalue weighted by Crippen LogP contribution is 2.41. The third kappa shape index (κ3) is 21.5. The molecule has 6 N–H and O–H groups in total. The van der Waals surface area contributed by atoms with Crippen molar-refractivity contribution < 1.29 is 71.2 Å². The summed E-state index contributed by atoms with van der Waals surface area (Å²) in [6.07, 6.45) is 4.03. The summed E-state index contributed by atoms with van der Waals surface area (Å²) < 4.78 is 53.6. The minimum atomic E-state index is -1.19. The molecule has 2 heterocycles. The summed E-state index contributed by atoms with van der Waals surface area (Å²) in [7, 11) is 0. The highest BCUT2D eigenvalue weighted by atomic mass is 32.2. The second kappa shape index (κ2) is 31.7. The number of nitrogens with one attached hydrogen (secondary N) is 1. The van der Waals surface area contributed by atoms with Crippen molar-refractivity contribution in [3.63, 3.8) is 0 Å². The number of aliphatic carboxylic acids is 1. The smallest absolute Gasteiger partial charge is 0.307 e. The first-order valence-corrected chi connectivity index (χ1v) is 25.9. The Bertz CT molecular complexity index is 2410. The van der Waals surface area contributed by atoms with E-state index in [0.29, 0.717) is 30.6 Å². The number of aromatic nitrogens is 1. The van der Waals surface area contributed by atoms with Crippen LogP contribution in [0.5, 0.6) is 0 Å². The molecule has 2 aromatic carbocycles. The van der Waals surface area contributed by atoms with Crippen LogP contribution in [0.4, 0.5) is 8.78 Å². The van der Waals surface area contributed by atoms with E-state index < -0.39 is 64.6 Å². The Labute approximate surface area is 440 Å². The van der Waals surface area contributed by atoms with E-state index in [1.807, 2.05) is 55.7 Å². The van der Waals surface area contributed by atoms with E-state index in [2.05, 4.69) is 5.32 Å². The molecule has 0 bridgehead atoms. The molecule has 1 aromatic heterocycles. The van der Waals surface area contributed by atoms with Crippen LogP contribution < -0.4 is 16.8 Å². The lowest BCUT2D eigenvalue weighted by Gasteiger charge is -2.41. The highest BCUT2D eigenvalue weighted by Gasteiger charge is 2.37. The molecule has 0 fully saturated rings. The minimum absolute atomic E-state index is 0.0312. The lowest BCUT2D eigenvalue weighted by molar-refractivity contribution is -0.143. The number of nitrogens with zero attached hydrogens (tertiary/aromatic N) is 3. The van der Waals surface area contributed by atoms with Crippen molar-refractivity contribution in [3.05, 3.63) is 95.8 Å². The number of carbonyl (C=O) groups excluding carboxylic acids is 7. The first-order valence-electron chi connectivity index (χ1n) is 24.7. The molecule has 3 atom stereocenters. The number of nitrogens with two attached hydrogens (primary N) is 2. The molecule has 410 valence electrons. The number of ether oxygens (including phenoxy) is 4. The molecular weight excluding hydrogens is 999 g/mol. The largest absolute Gasteiger partial charge is 0.481 e. The zero-order valence-corrected chi connectivity index (χ0v) is 43.6. The Hall–Kier alpha value is -6.17. The number of primary amides is 1. The van der Waals surface area contributed by atoms with E-state index >= 15 is 4.39 Å². The van der Waals surface area contributed by atoms with Crippen molar-refractivity contribution in [1.82, 2.24) is 19.7 Å². The lowest BCUT2D eigenvalue weighted by Crippen LogP contribution is -2.43. The number of imide groups is 1. The molecule has 22 heteroatoms. The second-order valence-electron chi connectivity index (χ2n) is 18.9. The van der Waals surface area contributed by atoms with Gasteiger partial charge in [-0.3, -0.25) is 43.3 Å². The Morgan fingerprint density at radius 3 is 2.05 bits per heavy atom. The van der Waals surface area contributed by atoms with E-state index in [1.165, 1.54) is 0 Å². The van der Waals surface area contributed by atoms with Crippen LogP contribution in [-0.2, 0) is 63.8 Å². The molecule has 1 aliphatic rings. The van der Waals surface area contributed by atoms with Gasteiger partial charge in [0.15, 0.2) is 0 Å². The molecule has 3 aromatic rings. The van der Waals surface area contributed by atoms with Crippen LogP contribution in [0.15, 0.2) is 72.9 Å². The van der Waals surface area contributed by atoms with Crippen molar-refractivity contribution >= 4 is 58.8 Å². The van der Waals surface area contributed by atoms with Gasteiger partial charge in [0.05, 0.1) is 76.6 Å². The highest BCUT2D eigenvalue weighted by molar-refractivity contribution is 7.99. The number of hydrogen-bond donors (Lipinski definition) is 4. The Kier molecular flexibility index (Phi) is 25.9. The summed E-state index contributed by atoms with van der Waals surface area (Å²) in [6.45, 7) is 7.90. The number of carboxylic acids is 1. The fraction of sp³-hybridized carbons (Fsp3) is 0.509. The molecule has 4 rings (SSSR count). The number of rotatable bonds is 37. The van der Waals surface area contributed by atoms with Crippen molar-refractivity contribution in [2.45, 2.75) is 77.9 Å². The quantitative estimate of drug-likeness (QED) is 0.0465. The number of amides is 5. The van der Waals surface area contributed by atoms with Crippen LogP contribution in [0.3, 0.4) is 0 Å². The number of hydrogen-bond acceptors (Lipinski definition) is 14. The Balaban J connectivity index is 1.27. The summed E-state index contributed by atoms with van der Waals surface area (Å²) in [5, 5.41) is 12.7. The summed E-state index contributed by atoms with van der Waals surface area (Å²) >= 11 is 1.08. The van der Waals surface area contributed by atoms with Crippen molar-refractivity contribution in [2.75, 3.05) is 84.0 Å². The fourth-order valence-corrected chi connectivity index (χ4v) is 9.07. The number of carbonyl (C=O) groups is 8. The van der Waals surface area contributed by atoms with Gasteiger partial charge < -0.3 is 50.3 Å². The number of ketones is 2. The number of unbranched alkanes of at least 4 members (excludes halogenated alkanes) is 1. The van der Waals surface area contributed by atoms with Crippen LogP contribution in [0.1, 0.15) is 76.6 Å². The predicted octanol–water partition coefficient (Wildman–Crippen LogP) is 4.23. The fourth-order valence-electron chi connectivity index (χ4n) is 8.07. The zero-order valence-electron chi connectivity index (χ0n) is 42.8. The van der Waals surface area contributed by atoms with Gasteiger partial charge in [-0.15, -0.1) is 0 Å². The number of thioether (sulfide) groups is 1. The van der Waals surface area contributed by atoms with Gasteiger partial charge >= 0.3 is 5.97 Å². The average Bonchev–Trinajstić information content (AvgIpc) is 3.90. The van der Waals surface area contributed by atoms with E-state index in [-0.39, 0.29) is 133 Å². The third-order valence-electron chi connectivity index (χ3n) is 11.8. The molecule has 0 spiro atoms. The van der Waals surface area contributed by atoms with Crippen LogP contribution in [0, 0.1) is 23.0 Å². The zero-order chi connectivity index (χ0) is 54.9. The molecule has 1 aliphatic heterocycles. The van der Waals surface area contributed by atoms with Gasteiger partial charge in [-0.25, -0.2) is 8.78 Å². The lowest BCUT2D eigenvalue weighted by atomic mass is 9.82. The Morgan fingerprint density at radius 2 is 1.44 bits per heavy atom. The minimum Gasteiger partial charge on any atom is -0.481 e. The van der Waals surface area contributed by atoms with E-state index in [4.69, 9.17) is 30.4 Å². The molecular formula is C53H70F2N6O13S. The maximum absolute atomic E-state index is 15.3. The van der Waals surface area contributed by atoms with Gasteiger partial charge in [-0.2, -0.15) is 11.8 Å². The molecule has 0 saturated carbocycles. The number of carboxylic acid groups (broad SMARTS) is 1. The van der Waals surface area contributed by atoms with Gasteiger partial charge in [0.2, 0.25) is 17.7 Å². The molecule has 0 aliphatic carbocycles. The van der Waals surface area contributed by atoms with Gasteiger partial charge in [0.25, 0.3) is 11.8 Å². The molecule has 19 nitrogen and oxygen atoms in total. The van der Waals surface area contributed by atoms with E-state index in [0.717, 1.165) is 52.6 Å². The van der Waals surface area contributed by atoms with Crippen molar-refractivity contribution in [2.24, 2.45) is 22.8 Å². The second-order valence-corrected chi connectivity index (χ2v) is 19.9. The number of halogens is 2. The monoisotopic (exact) mass is 1070 g/mol. The van der Waals surface area contributed by atoms with E-state index in [1.54, 1.807) is 17.2 Å². The summed E-state index contributed by atoms with van der Waals surface area (Å²) in [5.41, 5.74) is 12.4. The maximum Gasteiger partial charge on any atom is 0.307 e. The van der Waals surface area contributed by atoms with Gasteiger partial charge in [-0.1, -0.05) is 51.1 Å². The standard InChI is InChI=1S/C53H70F2N6O13S/c1-53(2,3)51(44-28-37(41-29-39(54)12-13-42(41)55)32-59(44)31-36-9-5-4-6-10-36)60(18-8-7-11-45(63)43(56)30-46(57)64)50(68)35-75-34-38(52(69)70)27-40(62)16-19-71-21-23-73-25-26-74-24-22-72-20-17-58-47(65)33-61-48(66)14-15-49(61)67/h4-6,9-10,12-15,28-29,32,38,43,51H,7-8,11,16-27,30-31,33-35,56H2,1-3H3,(H2,57,64)(H,58,65)(H,69,70)/t38-,43-,51-/m0/s1. The third-order valence-corrected chi connectivity index (χ3v) is 12.9. The first-order chi connectivity index (χ1) is 35.7. The maximum atomic E-state index is 15.3. The summed E-state index contributed by atoms with van der Waals surface area (Å²) in [6, 6.07) is 12.7. The van der Waals surface area contributed by atoms with Gasteiger partial charge in [0, 0.05) is 86.2 Å². The van der Waals surface area contributed by atoms with Crippen LogP contribution in [0.25, 0.3) is 11.1 Å². The average molecular weight is 1070 g/mol. The molecule has 75 heavy (non-hydrogen) atoms. The van der Waals surface area contributed by atoms with Gasteiger partial charge in [0.1, 0.15) is 29.7 Å². The van der Waals surface area contributed by atoms with Crippen molar-refractivity contribution in [3.8, 4) is 11.1 Å². The van der Waals surface area contributed by atoms with E-state index in [9.17, 15) is 47.9 Å². The van der Waals surface area contributed by atoms with Crippen LogP contribution in [0.2, 0.25) is 0 Å². The number of benzene rings is 2. The summed E-state index contributed by atoms with van der Waals surface area (Å²) in [4.78, 5) is 102. The topological polar surface area (TPSA) is 269 Å². The molecule has 0 unspecified atom stereocenters. The van der Waals surface area contributed by atoms with Gasteiger partial charge in [-0.05, 0) is 48.1 Å². The summed E-state index contributed by atoms with van der Waals surface area (Å²) in [5.74, 6) is -7.04. The SMILES string of the molecule is CC(C)(C)[C@H](c1cc(-c2cc(F)ccc2F)cn1Cc1ccccc1)N(CCCCC(=O)[C@@H](N)CC(N)=O)C(=O)CSC[C@H](CC(=O)CCOCCOCCOCCOCCNC(=O)CN1C(=O)C=CC1=O)C(=O)O. The Morgan fingerprint density at radius 1 is 0.813 bits per heavy atom. The predicted molar refractivity (Wildman–Crippen MR) is 275 cm³/mol. The molecule has 0 saturated heterocycles. The molecule has 5 amide bonds.